The molecule has 0 spiro atoms. The summed E-state index contributed by atoms with van der Waals surface area (Å²) in [5, 5.41) is 3.04. The molecule has 0 fully saturated rings. The Morgan fingerprint density at radius 1 is 1.17 bits per heavy atom. The number of hydrogen-bond donors (Lipinski definition) is 3. The minimum absolute atomic E-state index is 0.168. The summed E-state index contributed by atoms with van der Waals surface area (Å²) in [6.07, 6.45) is 1.85. The van der Waals surface area contributed by atoms with Gasteiger partial charge >= 0.3 is 0 Å². The summed E-state index contributed by atoms with van der Waals surface area (Å²) < 4.78 is 0. The number of aliphatic imine (C=N–C) groups is 1. The van der Waals surface area contributed by atoms with Gasteiger partial charge < -0.3 is 16.8 Å². The highest BCUT2D eigenvalue weighted by molar-refractivity contribution is 6.43. The van der Waals surface area contributed by atoms with Gasteiger partial charge in [0.2, 0.25) is 0 Å². The number of anilines is 3. The molecule has 2 rings (SSSR count). The maximum absolute atomic E-state index is 12.0. The SMILES string of the molecule is C/C=C(\N=C(Nc1cccc(N)c1)C(C)=O)c1cccc(N)c1C. The van der Waals surface area contributed by atoms with Crippen molar-refractivity contribution in [2.45, 2.75) is 20.8 Å². The van der Waals surface area contributed by atoms with E-state index in [-0.39, 0.29) is 11.6 Å². The maximum atomic E-state index is 12.0. The number of Topliss-reactive ketones (excluding diaryl/α,β-unsaturated/α-hetero) is 1. The minimum atomic E-state index is -0.168. The number of carbonyl (C=O) groups excluding carboxylic acids is 1. The zero-order chi connectivity index (χ0) is 17.7. The third kappa shape index (κ3) is 4.01. The van der Waals surface area contributed by atoms with Crippen molar-refractivity contribution in [3.05, 3.63) is 59.7 Å². The number of allylic oxidation sites excluding steroid dienone is 1. The van der Waals surface area contributed by atoms with Gasteiger partial charge in [0.15, 0.2) is 11.6 Å². The van der Waals surface area contributed by atoms with Crippen LogP contribution in [0.5, 0.6) is 0 Å². The predicted molar refractivity (Wildman–Crippen MR) is 102 cm³/mol. The molecule has 0 heterocycles. The topological polar surface area (TPSA) is 93.5 Å². The number of hydrogen-bond acceptors (Lipinski definition) is 4. The zero-order valence-electron chi connectivity index (χ0n) is 14.1. The molecule has 0 saturated heterocycles. The van der Waals surface area contributed by atoms with Crippen molar-refractivity contribution in [1.29, 1.82) is 0 Å². The van der Waals surface area contributed by atoms with Gasteiger partial charge in [-0.3, -0.25) is 4.79 Å². The maximum Gasteiger partial charge on any atom is 0.195 e. The Hall–Kier alpha value is -3.08. The van der Waals surface area contributed by atoms with E-state index in [0.717, 1.165) is 11.1 Å². The largest absolute Gasteiger partial charge is 0.399 e. The van der Waals surface area contributed by atoms with Crippen molar-refractivity contribution >= 4 is 34.4 Å². The molecule has 0 amide bonds. The molecule has 0 aliphatic carbocycles. The summed E-state index contributed by atoms with van der Waals surface area (Å²) in [6.45, 7) is 5.28. The monoisotopic (exact) mass is 322 g/mol. The molecule has 124 valence electrons. The molecular formula is C19H22N4O. The van der Waals surface area contributed by atoms with E-state index in [2.05, 4.69) is 10.3 Å². The number of nitrogens with zero attached hydrogens (tertiary/aromatic N) is 1. The average Bonchev–Trinajstić information content (AvgIpc) is 2.54. The number of nitrogens with two attached hydrogens (primary N) is 2. The molecule has 0 unspecified atom stereocenters. The standard InChI is InChI=1S/C19H22N4O/c1-4-18(16-9-6-10-17(21)12(16)2)23-19(13(3)24)22-15-8-5-7-14(20)11-15/h4-11H,20-21H2,1-3H3,(H,22,23)/b18-4-. The molecule has 0 atom stereocenters. The Balaban J connectivity index is 2.42. The van der Waals surface area contributed by atoms with Gasteiger partial charge in [-0.15, -0.1) is 0 Å². The first-order valence-electron chi connectivity index (χ1n) is 7.66. The van der Waals surface area contributed by atoms with Crippen LogP contribution in [-0.2, 0) is 4.79 Å². The van der Waals surface area contributed by atoms with E-state index in [0.29, 0.717) is 22.8 Å². The predicted octanol–water partition coefficient (Wildman–Crippen LogP) is 3.62. The lowest BCUT2D eigenvalue weighted by Crippen LogP contribution is -2.20. The van der Waals surface area contributed by atoms with Gasteiger partial charge in [-0.2, -0.15) is 0 Å². The Kier molecular flexibility index (Phi) is 5.37. The van der Waals surface area contributed by atoms with Crippen LogP contribution in [0.15, 0.2) is 53.5 Å². The summed E-state index contributed by atoms with van der Waals surface area (Å²) in [5.41, 5.74) is 16.3. The lowest BCUT2D eigenvalue weighted by Gasteiger charge is -2.12. The van der Waals surface area contributed by atoms with Crippen molar-refractivity contribution in [3.63, 3.8) is 0 Å². The fourth-order valence-corrected chi connectivity index (χ4v) is 2.28. The lowest BCUT2D eigenvalue weighted by molar-refractivity contribution is -0.111. The summed E-state index contributed by atoms with van der Waals surface area (Å²) in [6, 6.07) is 12.8. The van der Waals surface area contributed by atoms with Crippen LogP contribution in [0.1, 0.15) is 25.0 Å². The van der Waals surface area contributed by atoms with Crippen molar-refractivity contribution < 1.29 is 4.79 Å². The van der Waals surface area contributed by atoms with Crippen LogP contribution in [-0.4, -0.2) is 11.6 Å². The van der Waals surface area contributed by atoms with Crippen LogP contribution >= 0.6 is 0 Å². The summed E-state index contributed by atoms with van der Waals surface area (Å²) in [4.78, 5) is 16.5. The first-order chi connectivity index (χ1) is 11.4. The first-order valence-corrected chi connectivity index (χ1v) is 7.66. The molecule has 5 N–H and O–H groups in total. The van der Waals surface area contributed by atoms with Crippen molar-refractivity contribution in [1.82, 2.24) is 0 Å². The number of amidine groups is 1. The molecule has 0 saturated carbocycles. The Labute approximate surface area is 142 Å². The van der Waals surface area contributed by atoms with Gasteiger partial charge in [0.05, 0.1) is 5.70 Å². The van der Waals surface area contributed by atoms with E-state index in [4.69, 9.17) is 11.5 Å². The molecule has 5 nitrogen and oxygen atoms in total. The normalized spacial score (nSPS) is 12.1. The number of nitrogen functional groups attached to an aromatic ring is 2. The average molecular weight is 322 g/mol. The third-order valence-corrected chi connectivity index (χ3v) is 3.64. The molecule has 2 aromatic carbocycles. The second-order valence-corrected chi connectivity index (χ2v) is 5.46. The molecular weight excluding hydrogens is 300 g/mol. The van der Waals surface area contributed by atoms with Crippen LogP contribution in [0.3, 0.4) is 0 Å². The fraction of sp³-hybridized carbons (Fsp3) is 0.158. The van der Waals surface area contributed by atoms with E-state index in [1.54, 1.807) is 12.1 Å². The molecule has 0 aliphatic rings. The molecule has 2 aromatic rings. The second-order valence-electron chi connectivity index (χ2n) is 5.46. The van der Waals surface area contributed by atoms with E-state index in [1.165, 1.54) is 6.92 Å². The molecule has 5 heteroatoms. The van der Waals surface area contributed by atoms with Crippen LogP contribution in [0.2, 0.25) is 0 Å². The molecule has 0 aliphatic heterocycles. The number of carbonyl (C=O) groups is 1. The van der Waals surface area contributed by atoms with Gasteiger partial charge in [-0.05, 0) is 43.7 Å². The lowest BCUT2D eigenvalue weighted by atomic mass is 10.0. The van der Waals surface area contributed by atoms with E-state index in [1.807, 2.05) is 50.3 Å². The van der Waals surface area contributed by atoms with Gasteiger partial charge in [0.25, 0.3) is 0 Å². The highest BCUT2D eigenvalue weighted by Crippen LogP contribution is 2.24. The summed E-state index contributed by atoms with van der Waals surface area (Å²) in [7, 11) is 0. The molecule has 24 heavy (non-hydrogen) atoms. The number of ketones is 1. The van der Waals surface area contributed by atoms with Crippen LogP contribution in [0.25, 0.3) is 5.70 Å². The molecule has 0 aromatic heterocycles. The van der Waals surface area contributed by atoms with Crippen molar-refractivity contribution in [2.75, 3.05) is 16.8 Å². The van der Waals surface area contributed by atoms with Gasteiger partial charge in [0, 0.05) is 29.5 Å². The van der Waals surface area contributed by atoms with E-state index in [9.17, 15) is 4.79 Å². The highest BCUT2D eigenvalue weighted by Gasteiger charge is 2.11. The van der Waals surface area contributed by atoms with E-state index >= 15 is 0 Å². The van der Waals surface area contributed by atoms with Gasteiger partial charge in [-0.1, -0.05) is 24.3 Å². The van der Waals surface area contributed by atoms with Crippen molar-refractivity contribution in [3.8, 4) is 0 Å². The highest BCUT2D eigenvalue weighted by atomic mass is 16.1. The Morgan fingerprint density at radius 3 is 2.50 bits per heavy atom. The quantitative estimate of drug-likeness (QED) is 0.455. The number of nitrogens with one attached hydrogen (secondary N) is 1. The Bertz CT molecular complexity index is 822. The second kappa shape index (κ2) is 7.46. The summed E-state index contributed by atoms with van der Waals surface area (Å²) >= 11 is 0. The van der Waals surface area contributed by atoms with Crippen LogP contribution in [0.4, 0.5) is 17.1 Å². The minimum Gasteiger partial charge on any atom is -0.399 e. The summed E-state index contributed by atoms with van der Waals surface area (Å²) in [5.74, 6) is 0.0776. The Morgan fingerprint density at radius 2 is 1.88 bits per heavy atom. The fourth-order valence-electron chi connectivity index (χ4n) is 2.28. The van der Waals surface area contributed by atoms with Gasteiger partial charge in [-0.25, -0.2) is 4.99 Å². The van der Waals surface area contributed by atoms with Crippen LogP contribution in [0, 0.1) is 6.92 Å². The smallest absolute Gasteiger partial charge is 0.195 e. The first kappa shape index (κ1) is 17.3. The zero-order valence-corrected chi connectivity index (χ0v) is 14.1. The van der Waals surface area contributed by atoms with E-state index < -0.39 is 0 Å². The number of benzene rings is 2. The third-order valence-electron chi connectivity index (χ3n) is 3.64. The van der Waals surface area contributed by atoms with Crippen LogP contribution < -0.4 is 16.8 Å². The van der Waals surface area contributed by atoms with Gasteiger partial charge in [0.1, 0.15) is 0 Å². The number of rotatable bonds is 4. The van der Waals surface area contributed by atoms with Crippen molar-refractivity contribution in [2.24, 2.45) is 4.99 Å². The molecule has 0 bridgehead atoms. The molecule has 0 radical (unpaired) electrons.